The van der Waals surface area contributed by atoms with E-state index in [9.17, 15) is 0 Å². The normalized spacial score (nSPS) is 12.9. The van der Waals surface area contributed by atoms with Crippen molar-refractivity contribution in [2.45, 2.75) is 0 Å². The minimum Gasteiger partial charge on any atom is -0.457 e. The third-order valence-corrected chi connectivity index (χ3v) is 19.1. The maximum Gasteiger partial charge on any atom is 0.256 e. The molecule has 6 nitrogen and oxygen atoms in total. The van der Waals surface area contributed by atoms with Gasteiger partial charge in [-0.2, -0.15) is 0 Å². The summed E-state index contributed by atoms with van der Waals surface area (Å²) in [6.45, 7) is -0.491. The largest absolute Gasteiger partial charge is 0.457 e. The van der Waals surface area contributed by atoms with E-state index in [-0.39, 0.29) is 13.4 Å². The molecule has 5 heterocycles. The summed E-state index contributed by atoms with van der Waals surface area (Å²) >= 11 is 1.83. The molecule has 0 unspecified atom stereocenters. The number of rotatable bonds is 9. The Morgan fingerprint density at radius 3 is 1.16 bits per heavy atom. The number of hydrogen-bond acceptors (Lipinski definition) is 7. The number of thiophene rings is 1. The van der Waals surface area contributed by atoms with E-state index in [4.69, 9.17) is 9.47 Å². The molecule has 13 aromatic carbocycles. The van der Waals surface area contributed by atoms with E-state index < -0.39 is 0 Å². The first-order valence-corrected chi connectivity index (χ1v) is 30.5. The van der Waals surface area contributed by atoms with Crippen molar-refractivity contribution in [2.75, 3.05) is 19.6 Å². The molecule has 0 aliphatic carbocycles. The smallest absolute Gasteiger partial charge is 0.256 e. The van der Waals surface area contributed by atoms with Crippen LogP contribution in [0.15, 0.2) is 303 Å². The maximum atomic E-state index is 8.03. The minimum absolute atomic E-state index is 0.246. The van der Waals surface area contributed by atoms with Crippen LogP contribution >= 0.6 is 11.3 Å². The van der Waals surface area contributed by atoms with Gasteiger partial charge in [0.25, 0.3) is 13.4 Å². The lowest BCUT2D eigenvalue weighted by molar-refractivity contribution is 0.469. The Kier molecular flexibility index (Phi) is 11.3. The third kappa shape index (κ3) is 7.69. The van der Waals surface area contributed by atoms with E-state index in [0.29, 0.717) is 0 Å². The number of para-hydroxylation sites is 8. The van der Waals surface area contributed by atoms with Crippen LogP contribution in [-0.4, -0.2) is 13.4 Å². The van der Waals surface area contributed by atoms with Gasteiger partial charge < -0.3 is 29.1 Å². The lowest BCUT2D eigenvalue weighted by atomic mass is 9.30. The Morgan fingerprint density at radius 2 is 0.701 bits per heavy atom. The molecule has 9 heteroatoms. The van der Waals surface area contributed by atoms with Crippen molar-refractivity contribution in [3.8, 4) is 34.1 Å². The fraction of sp³-hybridized carbons (Fsp3) is 0. The van der Waals surface area contributed by atoms with Gasteiger partial charge in [0, 0.05) is 94.7 Å². The zero-order valence-corrected chi connectivity index (χ0v) is 47.9. The fourth-order valence-electron chi connectivity index (χ4n) is 14.3. The Labute approximate surface area is 509 Å². The first-order chi connectivity index (χ1) is 43.2. The van der Waals surface area contributed by atoms with Crippen molar-refractivity contribution in [1.29, 1.82) is 0 Å². The highest BCUT2D eigenvalue weighted by Crippen LogP contribution is 2.54. The van der Waals surface area contributed by atoms with E-state index >= 15 is 0 Å². The first kappa shape index (κ1) is 49.4. The molecule has 0 saturated carbocycles. The first-order valence-electron chi connectivity index (χ1n) is 29.7. The Hall–Kier alpha value is -11.0. The van der Waals surface area contributed by atoms with Gasteiger partial charge in [-0.3, -0.25) is 0 Å². The molecule has 0 amide bonds. The van der Waals surface area contributed by atoms with Crippen LogP contribution in [0, 0.1) is 0 Å². The SMILES string of the molecule is c1ccc(N(c2ccccc2)c2cc3c4c(c2)N(c2ccccc2)c2ccccc2B4c2cc4c(c(-c5cccc6c5sc5ccccc56)c2O3)Oc2cc(N(c3ccccc3)c3ccccc3)cc3c2B4c2ccccc2N3c2ccccc2)cc1. The second-order valence-corrected chi connectivity index (χ2v) is 23.7. The predicted octanol–water partition coefficient (Wildman–Crippen LogP) is 17.5. The molecule has 87 heavy (non-hydrogen) atoms. The van der Waals surface area contributed by atoms with Crippen LogP contribution in [0.25, 0.3) is 31.3 Å². The topological polar surface area (TPSA) is 31.4 Å². The molecule has 18 rings (SSSR count). The van der Waals surface area contributed by atoms with Crippen LogP contribution in [-0.2, 0) is 0 Å². The van der Waals surface area contributed by atoms with Gasteiger partial charge in [0.15, 0.2) is 0 Å². The zero-order valence-electron chi connectivity index (χ0n) is 47.0. The van der Waals surface area contributed by atoms with Crippen LogP contribution in [0.2, 0.25) is 0 Å². The summed E-state index contributed by atoms with van der Waals surface area (Å²) in [4.78, 5) is 9.59. The van der Waals surface area contributed by atoms with Crippen molar-refractivity contribution in [3.05, 3.63) is 303 Å². The molecule has 406 valence electrons. The monoisotopic (exact) mass is 1130 g/mol. The van der Waals surface area contributed by atoms with E-state index in [1.165, 1.54) is 31.1 Å². The van der Waals surface area contributed by atoms with Gasteiger partial charge >= 0.3 is 0 Å². The molecule has 0 bridgehead atoms. The van der Waals surface area contributed by atoms with Crippen molar-refractivity contribution >= 4 is 146 Å². The van der Waals surface area contributed by atoms with E-state index in [1.807, 2.05) is 11.3 Å². The van der Waals surface area contributed by atoms with E-state index in [1.54, 1.807) is 0 Å². The molecule has 1 aromatic heterocycles. The van der Waals surface area contributed by atoms with Crippen molar-refractivity contribution < 1.29 is 9.47 Å². The molecular weight excluding hydrogens is 1080 g/mol. The molecule has 0 saturated heterocycles. The lowest BCUT2D eigenvalue weighted by Crippen LogP contribution is -2.63. The summed E-state index contributed by atoms with van der Waals surface area (Å²) in [5, 5.41) is 2.43. The standard InChI is InChI=1S/C78H50B2N4O2S/c1-7-26-51(27-8-1)81(52-28-9-2-10-29-52)57-46-68-74-70(48-57)85-76-64(79(74)62-41-20-22-43-66(62)83(68)55-34-15-5-16-35-55)50-65-77(73(76)61-40-25-39-60-59-38-19-24-45-72(59)87-78(60)61)86-71-49-58(82(53-30-11-3-12-31-53)54-32-13-4-14-33-54)47-69-75(71)80(65)63-42-21-23-44-67(63)84(69)56-36-17-6-18-37-56/h1-50H. The quantitative estimate of drug-likeness (QED) is 0.134. The number of hydrogen-bond donors (Lipinski definition) is 0. The second-order valence-electron chi connectivity index (χ2n) is 22.7. The molecule has 0 fully saturated rings. The summed E-state index contributed by atoms with van der Waals surface area (Å²) in [6, 6.07) is 110. The van der Waals surface area contributed by atoms with Gasteiger partial charge in [0.1, 0.15) is 23.0 Å². The van der Waals surface area contributed by atoms with Gasteiger partial charge in [-0.1, -0.05) is 188 Å². The number of anilines is 12. The van der Waals surface area contributed by atoms with Gasteiger partial charge in [-0.25, -0.2) is 0 Å². The number of nitrogens with zero attached hydrogens (tertiary/aromatic N) is 4. The number of ether oxygens (including phenoxy) is 2. The van der Waals surface area contributed by atoms with Crippen molar-refractivity contribution in [3.63, 3.8) is 0 Å². The van der Waals surface area contributed by atoms with Crippen LogP contribution in [0.3, 0.4) is 0 Å². The molecule has 4 aliphatic heterocycles. The van der Waals surface area contributed by atoms with Gasteiger partial charge in [-0.05, 0) is 136 Å². The van der Waals surface area contributed by atoms with E-state index in [2.05, 4.69) is 323 Å². The van der Waals surface area contributed by atoms with Crippen LogP contribution in [0.4, 0.5) is 68.2 Å². The van der Waals surface area contributed by atoms with Gasteiger partial charge in [0.2, 0.25) is 0 Å². The summed E-state index contributed by atoms with van der Waals surface area (Å²) in [5.74, 6) is 3.16. The van der Waals surface area contributed by atoms with Crippen LogP contribution in [0.1, 0.15) is 0 Å². The summed E-state index contributed by atoms with van der Waals surface area (Å²) in [7, 11) is 0. The number of benzene rings is 13. The third-order valence-electron chi connectivity index (χ3n) is 17.9. The molecule has 4 aliphatic rings. The summed E-state index contributed by atoms with van der Waals surface area (Å²) in [5.41, 5.74) is 21.4. The lowest BCUT2D eigenvalue weighted by Gasteiger charge is -2.43. The van der Waals surface area contributed by atoms with Crippen molar-refractivity contribution in [1.82, 2.24) is 0 Å². The van der Waals surface area contributed by atoms with Crippen LogP contribution < -0.4 is 61.9 Å². The second kappa shape index (κ2) is 19.8. The highest BCUT2D eigenvalue weighted by Gasteiger charge is 2.49. The molecule has 14 aromatic rings. The van der Waals surface area contributed by atoms with Crippen LogP contribution in [0.5, 0.6) is 23.0 Å². The highest BCUT2D eigenvalue weighted by molar-refractivity contribution is 7.26. The molecule has 0 radical (unpaired) electrons. The Balaban J connectivity index is 0.960. The Morgan fingerprint density at radius 1 is 0.310 bits per heavy atom. The average molecular weight is 1130 g/mol. The molecule has 0 atom stereocenters. The van der Waals surface area contributed by atoms with Crippen molar-refractivity contribution in [2.24, 2.45) is 0 Å². The maximum absolute atomic E-state index is 8.03. The zero-order chi connectivity index (χ0) is 57.1. The Bertz CT molecular complexity index is 4700. The summed E-state index contributed by atoms with van der Waals surface area (Å²) < 4.78 is 18.5. The highest BCUT2D eigenvalue weighted by atomic mass is 32.1. The average Bonchev–Trinajstić information content (AvgIpc) is 0.896. The minimum atomic E-state index is -0.246. The summed E-state index contributed by atoms with van der Waals surface area (Å²) in [6.07, 6.45) is 0. The van der Waals surface area contributed by atoms with Gasteiger partial charge in [0.05, 0.1) is 16.9 Å². The molecule has 0 N–H and O–H groups in total. The molecular formula is C78H50B2N4O2S. The van der Waals surface area contributed by atoms with Gasteiger partial charge in [-0.15, -0.1) is 11.3 Å². The fourth-order valence-corrected chi connectivity index (χ4v) is 15.5. The number of fused-ring (bicyclic) bond motifs is 11. The van der Waals surface area contributed by atoms with E-state index in [0.717, 1.165) is 124 Å². The predicted molar refractivity (Wildman–Crippen MR) is 366 cm³/mol. The molecule has 0 spiro atoms.